The molecule has 0 spiro atoms. The van der Waals surface area contributed by atoms with E-state index in [-0.39, 0.29) is 11.0 Å². The molecule has 1 saturated heterocycles. The lowest BCUT2D eigenvalue weighted by Crippen LogP contribution is -2.41. The zero-order chi connectivity index (χ0) is 17.2. The molecule has 9 heteroatoms. The molecule has 124 valence electrons. The highest BCUT2D eigenvalue weighted by Gasteiger charge is 2.52. The van der Waals surface area contributed by atoms with E-state index in [1.54, 1.807) is 0 Å². The molecule has 0 bridgehead atoms. The van der Waals surface area contributed by atoms with Crippen LogP contribution in [0.2, 0.25) is 0 Å². The minimum absolute atomic E-state index is 0.0418. The Morgan fingerprint density at radius 3 is 2.22 bits per heavy atom. The molecule has 0 unspecified atom stereocenters. The van der Waals surface area contributed by atoms with E-state index in [0.29, 0.717) is 5.46 Å². The molecule has 0 aromatic carbocycles. The first-order chi connectivity index (χ1) is 10.4. The summed E-state index contributed by atoms with van der Waals surface area (Å²) in [5.74, 6) is 0. The van der Waals surface area contributed by atoms with Gasteiger partial charge >= 0.3 is 13.3 Å². The number of pyridine rings is 1. The Morgan fingerprint density at radius 2 is 1.70 bits per heavy atom. The summed E-state index contributed by atoms with van der Waals surface area (Å²) in [5.41, 5.74) is -1.50. The van der Waals surface area contributed by atoms with Crippen LogP contribution in [0.5, 0.6) is 0 Å². The lowest BCUT2D eigenvalue weighted by Gasteiger charge is -2.32. The molecule has 0 N–H and O–H groups in total. The number of rotatable bonds is 1. The highest BCUT2D eigenvalue weighted by molar-refractivity contribution is 6.62. The van der Waals surface area contributed by atoms with Crippen LogP contribution in [0.3, 0.4) is 0 Å². The van der Waals surface area contributed by atoms with Crippen molar-refractivity contribution >= 4 is 23.6 Å². The van der Waals surface area contributed by atoms with Gasteiger partial charge < -0.3 is 9.31 Å². The molecule has 2 aromatic rings. The normalized spacial score (nSPS) is 20.4. The molecule has 3 rings (SSSR count). The van der Waals surface area contributed by atoms with Crippen LogP contribution >= 0.6 is 0 Å². The third kappa shape index (κ3) is 2.51. The van der Waals surface area contributed by atoms with Crippen LogP contribution in [0.4, 0.5) is 13.2 Å². The van der Waals surface area contributed by atoms with Crippen molar-refractivity contribution < 1.29 is 22.5 Å². The average Bonchev–Trinajstić information content (AvgIpc) is 2.81. The molecular formula is C14H17BF3N3O2. The van der Waals surface area contributed by atoms with Gasteiger partial charge in [-0.2, -0.15) is 18.3 Å². The van der Waals surface area contributed by atoms with E-state index in [9.17, 15) is 13.2 Å². The Bertz CT molecular complexity index is 754. The van der Waals surface area contributed by atoms with Gasteiger partial charge in [-0.1, -0.05) is 0 Å². The van der Waals surface area contributed by atoms with Crippen molar-refractivity contribution in [2.45, 2.75) is 45.1 Å². The van der Waals surface area contributed by atoms with Crippen LogP contribution in [-0.4, -0.2) is 33.1 Å². The van der Waals surface area contributed by atoms with E-state index in [1.807, 2.05) is 27.7 Å². The van der Waals surface area contributed by atoms with Crippen LogP contribution in [0.15, 0.2) is 12.3 Å². The molecule has 1 fully saturated rings. The molecule has 3 heterocycles. The third-order valence-corrected chi connectivity index (χ3v) is 4.51. The second-order valence-electron chi connectivity index (χ2n) is 6.70. The van der Waals surface area contributed by atoms with Crippen molar-refractivity contribution in [3.05, 3.63) is 18.0 Å². The van der Waals surface area contributed by atoms with E-state index in [2.05, 4.69) is 10.1 Å². The summed E-state index contributed by atoms with van der Waals surface area (Å²) in [7, 11) is 0.483. The second-order valence-corrected chi connectivity index (χ2v) is 6.70. The zero-order valence-electron chi connectivity index (χ0n) is 13.5. The number of aromatic nitrogens is 3. The number of nitrogens with zero attached hydrogens (tertiary/aromatic N) is 3. The third-order valence-electron chi connectivity index (χ3n) is 4.51. The Hall–Kier alpha value is -1.61. The minimum atomic E-state index is -4.51. The molecule has 0 saturated carbocycles. The molecule has 1 aliphatic rings. The predicted molar refractivity (Wildman–Crippen MR) is 79.2 cm³/mol. The quantitative estimate of drug-likeness (QED) is 0.754. The number of hydrogen-bond acceptors (Lipinski definition) is 4. The molecule has 0 radical (unpaired) electrons. The van der Waals surface area contributed by atoms with Gasteiger partial charge in [-0.25, -0.2) is 4.98 Å². The van der Waals surface area contributed by atoms with Crippen molar-refractivity contribution in [3.63, 3.8) is 0 Å². The average molecular weight is 327 g/mol. The number of fused-ring (bicyclic) bond motifs is 1. The van der Waals surface area contributed by atoms with Crippen LogP contribution in [0.1, 0.15) is 33.4 Å². The summed E-state index contributed by atoms with van der Waals surface area (Å²) in [6.07, 6.45) is -3.07. The van der Waals surface area contributed by atoms with Crippen LogP contribution in [-0.2, 0) is 22.5 Å². The monoisotopic (exact) mass is 327 g/mol. The van der Waals surface area contributed by atoms with Gasteiger partial charge in [0.25, 0.3) is 0 Å². The largest absolute Gasteiger partial charge is 0.496 e. The van der Waals surface area contributed by atoms with Crippen molar-refractivity contribution in [1.82, 2.24) is 14.8 Å². The summed E-state index contributed by atoms with van der Waals surface area (Å²) in [5, 5.41) is 3.75. The first kappa shape index (κ1) is 16.3. The standard InChI is InChI=1S/C14H17BF3N3O2/c1-12(2)13(3,4)23-15(22-12)8-6-9-10(14(16,17)18)21(5)20-11(9)19-7-8/h6-7H,1-5H3. The van der Waals surface area contributed by atoms with Gasteiger partial charge in [-0.3, -0.25) is 4.68 Å². The maximum Gasteiger partial charge on any atom is 0.496 e. The van der Waals surface area contributed by atoms with E-state index in [1.165, 1.54) is 19.3 Å². The van der Waals surface area contributed by atoms with Crippen LogP contribution in [0.25, 0.3) is 11.0 Å². The van der Waals surface area contributed by atoms with Crippen molar-refractivity contribution in [2.75, 3.05) is 0 Å². The lowest BCUT2D eigenvalue weighted by molar-refractivity contribution is -0.142. The molecule has 1 aliphatic heterocycles. The molecule has 0 atom stereocenters. The first-order valence-electron chi connectivity index (χ1n) is 7.18. The maximum atomic E-state index is 13.2. The van der Waals surface area contributed by atoms with Crippen LogP contribution < -0.4 is 5.46 Å². The fourth-order valence-corrected chi connectivity index (χ4v) is 2.54. The molecular weight excluding hydrogens is 310 g/mol. The Morgan fingerprint density at radius 1 is 1.13 bits per heavy atom. The summed E-state index contributed by atoms with van der Waals surface area (Å²) in [6.45, 7) is 7.52. The summed E-state index contributed by atoms with van der Waals surface area (Å²) < 4.78 is 52.2. The summed E-state index contributed by atoms with van der Waals surface area (Å²) in [6, 6.07) is 1.39. The molecule has 2 aromatic heterocycles. The number of aryl methyl sites for hydroxylation is 1. The Kier molecular flexibility index (Phi) is 3.32. The van der Waals surface area contributed by atoms with Crippen LogP contribution in [0, 0.1) is 0 Å². The number of halogens is 3. The van der Waals surface area contributed by atoms with E-state index in [0.717, 1.165) is 4.68 Å². The van der Waals surface area contributed by atoms with Crippen molar-refractivity contribution in [1.29, 1.82) is 0 Å². The van der Waals surface area contributed by atoms with Crippen molar-refractivity contribution in [2.24, 2.45) is 7.05 Å². The molecule has 23 heavy (non-hydrogen) atoms. The number of alkyl halides is 3. The fraction of sp³-hybridized carbons (Fsp3) is 0.571. The summed E-state index contributed by atoms with van der Waals surface area (Å²) >= 11 is 0. The first-order valence-corrected chi connectivity index (χ1v) is 7.18. The van der Waals surface area contributed by atoms with E-state index >= 15 is 0 Å². The smallest absolute Gasteiger partial charge is 0.399 e. The van der Waals surface area contributed by atoms with Gasteiger partial charge in [-0.15, -0.1) is 0 Å². The van der Waals surface area contributed by atoms with Crippen molar-refractivity contribution in [3.8, 4) is 0 Å². The zero-order valence-corrected chi connectivity index (χ0v) is 13.5. The highest BCUT2D eigenvalue weighted by atomic mass is 19.4. The number of hydrogen-bond donors (Lipinski definition) is 0. The Labute approximate surface area is 131 Å². The van der Waals surface area contributed by atoms with Gasteiger partial charge in [0.15, 0.2) is 11.3 Å². The SMILES string of the molecule is Cn1nc2ncc(B3OC(C)(C)C(C)(C)O3)cc2c1C(F)(F)F. The lowest BCUT2D eigenvalue weighted by atomic mass is 9.80. The topological polar surface area (TPSA) is 49.2 Å². The molecule has 5 nitrogen and oxygen atoms in total. The summed E-state index contributed by atoms with van der Waals surface area (Å²) in [4.78, 5) is 4.02. The predicted octanol–water partition coefficient (Wildman–Crippen LogP) is 2.29. The van der Waals surface area contributed by atoms with Gasteiger partial charge in [0.2, 0.25) is 0 Å². The fourth-order valence-electron chi connectivity index (χ4n) is 2.54. The second kappa shape index (κ2) is 4.70. The van der Waals surface area contributed by atoms with E-state index < -0.39 is 30.2 Å². The van der Waals surface area contributed by atoms with Gasteiger partial charge in [0.05, 0.1) is 16.6 Å². The Balaban J connectivity index is 2.08. The highest BCUT2D eigenvalue weighted by Crippen LogP contribution is 2.37. The molecule has 0 amide bonds. The van der Waals surface area contributed by atoms with Gasteiger partial charge in [-0.05, 0) is 33.8 Å². The van der Waals surface area contributed by atoms with Gasteiger partial charge in [0.1, 0.15) is 0 Å². The van der Waals surface area contributed by atoms with E-state index in [4.69, 9.17) is 9.31 Å². The minimum Gasteiger partial charge on any atom is -0.399 e. The van der Waals surface area contributed by atoms with Gasteiger partial charge in [0, 0.05) is 18.7 Å². The maximum absolute atomic E-state index is 13.2. The molecule has 0 aliphatic carbocycles.